The van der Waals surface area contributed by atoms with Gasteiger partial charge in [-0.2, -0.15) is 0 Å². The highest BCUT2D eigenvalue weighted by molar-refractivity contribution is 5.76. The van der Waals surface area contributed by atoms with Crippen LogP contribution in [0.1, 0.15) is 19.8 Å². The van der Waals surface area contributed by atoms with Gasteiger partial charge in [0, 0.05) is 6.42 Å². The van der Waals surface area contributed by atoms with Crippen molar-refractivity contribution in [3.05, 3.63) is 0 Å². The fourth-order valence-electron chi connectivity index (χ4n) is 1.83. The van der Waals surface area contributed by atoms with Gasteiger partial charge in [-0.05, 0) is 6.42 Å². The Balaban J connectivity index is 2.29. The van der Waals surface area contributed by atoms with Crippen molar-refractivity contribution in [3.8, 4) is 0 Å². The van der Waals surface area contributed by atoms with E-state index in [1.165, 1.54) is 0 Å². The Morgan fingerprint density at radius 2 is 1.93 bits per heavy atom. The molecular weight excluding hydrogens is 196 g/mol. The number of carboxylic acids is 1. The van der Waals surface area contributed by atoms with Gasteiger partial charge in [-0.25, -0.2) is 0 Å². The van der Waals surface area contributed by atoms with Crippen LogP contribution in [0.5, 0.6) is 0 Å². The molecule has 1 saturated heterocycles. The lowest BCUT2D eigenvalue weighted by Gasteiger charge is -2.32. The maximum atomic E-state index is 11.5. The molecule has 0 unspecified atom stereocenters. The molecule has 1 amide bonds. The molecule has 1 heterocycles. The second-order valence-corrected chi connectivity index (χ2v) is 3.93. The minimum Gasteiger partial charge on any atom is -0.544 e. The maximum absolute atomic E-state index is 11.5. The van der Waals surface area contributed by atoms with Gasteiger partial charge in [-0.1, -0.05) is 6.92 Å². The van der Waals surface area contributed by atoms with Crippen LogP contribution in [0.2, 0.25) is 0 Å². The Hall–Kier alpha value is -1.10. The molecule has 0 bridgehead atoms. The molecule has 15 heavy (non-hydrogen) atoms. The fourth-order valence-corrected chi connectivity index (χ4v) is 1.83. The molecule has 1 aliphatic rings. The van der Waals surface area contributed by atoms with Crippen molar-refractivity contribution in [2.24, 2.45) is 0 Å². The highest BCUT2D eigenvalue weighted by Gasteiger charge is 2.22. The van der Waals surface area contributed by atoms with Crippen molar-refractivity contribution in [1.82, 2.24) is 4.90 Å². The van der Waals surface area contributed by atoms with Gasteiger partial charge in [0.2, 0.25) is 5.91 Å². The van der Waals surface area contributed by atoms with Crippen LogP contribution in [-0.2, 0) is 9.59 Å². The van der Waals surface area contributed by atoms with E-state index in [0.29, 0.717) is 32.6 Å². The Bertz CT molecular complexity index is 235. The molecule has 86 valence electrons. The summed E-state index contributed by atoms with van der Waals surface area (Å²) in [6, 6.07) is 0. The Morgan fingerprint density at radius 3 is 2.40 bits per heavy atom. The van der Waals surface area contributed by atoms with E-state index in [1.54, 1.807) is 0 Å². The zero-order valence-electron chi connectivity index (χ0n) is 9.12. The van der Waals surface area contributed by atoms with E-state index in [0.717, 1.165) is 11.3 Å². The number of carboxylic acid groups (broad SMARTS) is 1. The largest absolute Gasteiger partial charge is 0.544 e. The lowest BCUT2D eigenvalue weighted by molar-refractivity contribution is -0.898. The van der Waals surface area contributed by atoms with Gasteiger partial charge in [0.05, 0.1) is 32.1 Å². The van der Waals surface area contributed by atoms with Crippen molar-refractivity contribution in [2.45, 2.75) is 19.8 Å². The normalized spacial score (nSPS) is 17.8. The molecule has 5 nitrogen and oxygen atoms in total. The number of nitrogens with one attached hydrogen (secondary N) is 1. The summed E-state index contributed by atoms with van der Waals surface area (Å²) in [6.07, 6.45) is 1.46. The minimum atomic E-state index is -1.02. The summed E-state index contributed by atoms with van der Waals surface area (Å²) in [5, 5.41) is 10.4. The van der Waals surface area contributed by atoms with Gasteiger partial charge < -0.3 is 19.7 Å². The average molecular weight is 214 g/mol. The standard InChI is InChI=1S/C10H18N2O3/c1-2-3-9(13)12-6-4-11(5-7-12)8-10(14)15/h2-8H2,1H3,(H,14,15). The summed E-state index contributed by atoms with van der Waals surface area (Å²) in [4.78, 5) is 24.7. The molecule has 1 N–H and O–H groups in total. The van der Waals surface area contributed by atoms with Crippen LogP contribution < -0.4 is 10.0 Å². The predicted molar refractivity (Wildman–Crippen MR) is 52.1 cm³/mol. The Labute approximate surface area is 89.7 Å². The van der Waals surface area contributed by atoms with Crippen molar-refractivity contribution in [1.29, 1.82) is 0 Å². The van der Waals surface area contributed by atoms with Gasteiger partial charge in [-0.15, -0.1) is 0 Å². The monoisotopic (exact) mass is 214 g/mol. The van der Waals surface area contributed by atoms with E-state index in [-0.39, 0.29) is 12.5 Å². The summed E-state index contributed by atoms with van der Waals surface area (Å²) in [5.41, 5.74) is 0. The van der Waals surface area contributed by atoms with Crippen molar-refractivity contribution >= 4 is 11.9 Å². The van der Waals surface area contributed by atoms with Gasteiger partial charge in [-0.3, -0.25) is 4.79 Å². The molecule has 0 radical (unpaired) electrons. The molecule has 1 fully saturated rings. The number of amides is 1. The van der Waals surface area contributed by atoms with E-state index in [4.69, 9.17) is 0 Å². The zero-order valence-corrected chi connectivity index (χ0v) is 9.12. The number of carbonyl (C=O) groups excluding carboxylic acids is 2. The van der Waals surface area contributed by atoms with Crippen LogP contribution in [0.15, 0.2) is 0 Å². The third-order valence-corrected chi connectivity index (χ3v) is 2.68. The van der Waals surface area contributed by atoms with Crippen molar-refractivity contribution in [2.75, 3.05) is 32.7 Å². The van der Waals surface area contributed by atoms with E-state index >= 15 is 0 Å². The van der Waals surface area contributed by atoms with Crippen molar-refractivity contribution < 1.29 is 19.6 Å². The number of carbonyl (C=O) groups is 2. The maximum Gasteiger partial charge on any atom is 0.222 e. The molecule has 0 aromatic rings. The number of quaternary nitrogens is 1. The van der Waals surface area contributed by atoms with Gasteiger partial charge in [0.15, 0.2) is 0 Å². The number of aliphatic carboxylic acids is 1. The molecular formula is C10H18N2O3. The SMILES string of the molecule is CCCC(=O)N1CC[NH+](CC(=O)[O-])CC1. The predicted octanol–water partition coefficient (Wildman–Crippen LogP) is -2.74. The van der Waals surface area contributed by atoms with Crippen LogP contribution in [0.3, 0.4) is 0 Å². The van der Waals surface area contributed by atoms with E-state index in [2.05, 4.69) is 0 Å². The quantitative estimate of drug-likeness (QED) is 0.552. The van der Waals surface area contributed by atoms with Gasteiger partial charge in [0.25, 0.3) is 0 Å². The second kappa shape index (κ2) is 5.70. The van der Waals surface area contributed by atoms with Crippen LogP contribution in [0.4, 0.5) is 0 Å². The fraction of sp³-hybridized carbons (Fsp3) is 0.800. The Morgan fingerprint density at radius 1 is 1.33 bits per heavy atom. The molecule has 0 aromatic carbocycles. The van der Waals surface area contributed by atoms with Crippen LogP contribution in [-0.4, -0.2) is 49.5 Å². The van der Waals surface area contributed by atoms with E-state index in [1.807, 2.05) is 11.8 Å². The summed E-state index contributed by atoms with van der Waals surface area (Å²) in [6.45, 7) is 4.79. The van der Waals surface area contributed by atoms with Gasteiger partial charge >= 0.3 is 0 Å². The number of rotatable bonds is 4. The first-order valence-corrected chi connectivity index (χ1v) is 5.44. The van der Waals surface area contributed by atoms with Crippen LogP contribution in [0.25, 0.3) is 0 Å². The third-order valence-electron chi connectivity index (χ3n) is 2.68. The van der Waals surface area contributed by atoms with Crippen LogP contribution >= 0.6 is 0 Å². The lowest BCUT2D eigenvalue weighted by atomic mass is 10.2. The molecule has 0 aromatic heterocycles. The number of nitrogens with zero attached hydrogens (tertiary/aromatic N) is 1. The number of hydrogen-bond acceptors (Lipinski definition) is 3. The molecule has 5 heteroatoms. The first-order valence-electron chi connectivity index (χ1n) is 5.44. The first kappa shape index (κ1) is 12.0. The number of hydrogen-bond donors (Lipinski definition) is 1. The molecule has 0 atom stereocenters. The zero-order chi connectivity index (χ0) is 11.3. The van der Waals surface area contributed by atoms with E-state index < -0.39 is 5.97 Å². The molecule has 1 rings (SSSR count). The molecule has 0 spiro atoms. The summed E-state index contributed by atoms with van der Waals surface area (Å²) < 4.78 is 0. The highest BCUT2D eigenvalue weighted by atomic mass is 16.4. The molecule has 0 aliphatic carbocycles. The third kappa shape index (κ3) is 3.87. The first-order chi connectivity index (χ1) is 7.13. The molecule has 0 saturated carbocycles. The number of piperazine rings is 1. The summed E-state index contributed by atoms with van der Waals surface area (Å²) in [7, 11) is 0. The van der Waals surface area contributed by atoms with Crippen LogP contribution in [0, 0.1) is 0 Å². The minimum absolute atomic E-state index is 0.0514. The molecule has 1 aliphatic heterocycles. The highest BCUT2D eigenvalue weighted by Crippen LogP contribution is 1.97. The second-order valence-electron chi connectivity index (χ2n) is 3.93. The lowest BCUT2D eigenvalue weighted by Crippen LogP contribution is -3.16. The van der Waals surface area contributed by atoms with E-state index in [9.17, 15) is 14.7 Å². The average Bonchev–Trinajstić information content (AvgIpc) is 2.18. The van der Waals surface area contributed by atoms with Gasteiger partial charge in [0.1, 0.15) is 6.54 Å². The van der Waals surface area contributed by atoms with Crippen molar-refractivity contribution in [3.63, 3.8) is 0 Å². The summed E-state index contributed by atoms with van der Waals surface area (Å²) in [5.74, 6) is -0.830. The topological polar surface area (TPSA) is 64.9 Å². The smallest absolute Gasteiger partial charge is 0.222 e. The summed E-state index contributed by atoms with van der Waals surface area (Å²) >= 11 is 0. The Kier molecular flexibility index (Phi) is 4.55.